The van der Waals surface area contributed by atoms with E-state index in [1.807, 2.05) is 0 Å². The van der Waals surface area contributed by atoms with Gasteiger partial charge >= 0.3 is 13.8 Å². The predicted octanol–water partition coefficient (Wildman–Crippen LogP) is 16.4. The molecular weight excluding hydrogens is 818 g/mol. The lowest BCUT2D eigenvalue weighted by atomic mass is 10.0. The van der Waals surface area contributed by atoms with E-state index in [1.165, 1.54) is 122 Å². The van der Waals surface area contributed by atoms with Gasteiger partial charge in [0, 0.05) is 19.6 Å². The fourth-order valence-corrected chi connectivity index (χ4v) is 7.76. The molecule has 370 valence electrons. The first kappa shape index (κ1) is 61.7. The van der Waals surface area contributed by atoms with Crippen LogP contribution in [0.5, 0.6) is 0 Å². The molecule has 0 aromatic heterocycles. The van der Waals surface area contributed by atoms with Gasteiger partial charge in [0.2, 0.25) is 0 Å². The second-order valence-electron chi connectivity index (χ2n) is 17.0. The highest BCUT2D eigenvalue weighted by Crippen LogP contribution is 2.43. The first-order chi connectivity index (χ1) is 31.4. The van der Waals surface area contributed by atoms with Gasteiger partial charge in [0.1, 0.15) is 6.10 Å². The Morgan fingerprint density at radius 3 is 1.31 bits per heavy atom. The van der Waals surface area contributed by atoms with Crippen molar-refractivity contribution in [1.29, 1.82) is 0 Å². The molecule has 64 heavy (non-hydrogen) atoms. The Hall–Kier alpha value is -2.32. The molecule has 0 bridgehead atoms. The molecule has 0 saturated carbocycles. The number of esters is 1. The SMILES string of the molecule is CC/C=C\C/C=C\C/C=C\C/C=C\CCCCCCCCCCCCC(=O)OC(COCCCCCCCCC/C=C\C/C=C\C/C=C\CCCCCCC)COP(=O)(O)OCCN. The largest absolute Gasteiger partial charge is 0.472 e. The highest BCUT2D eigenvalue weighted by atomic mass is 31.2. The van der Waals surface area contributed by atoms with Crippen molar-refractivity contribution < 1.29 is 32.8 Å². The summed E-state index contributed by atoms with van der Waals surface area (Å²) < 4.78 is 33.6. The van der Waals surface area contributed by atoms with Gasteiger partial charge in [0.15, 0.2) is 0 Å². The molecule has 9 heteroatoms. The maximum Gasteiger partial charge on any atom is 0.472 e. The maximum atomic E-state index is 12.7. The zero-order chi connectivity index (χ0) is 46.5. The van der Waals surface area contributed by atoms with Crippen LogP contribution in [-0.2, 0) is 27.9 Å². The average molecular weight is 916 g/mol. The molecule has 8 nitrogen and oxygen atoms in total. The number of nitrogens with two attached hydrogens (primary N) is 1. The average Bonchev–Trinajstić information content (AvgIpc) is 3.29. The molecule has 0 fully saturated rings. The van der Waals surface area contributed by atoms with E-state index >= 15 is 0 Å². The van der Waals surface area contributed by atoms with Crippen LogP contribution in [0, 0.1) is 0 Å². The molecule has 0 spiro atoms. The first-order valence-electron chi connectivity index (χ1n) is 26.1. The van der Waals surface area contributed by atoms with Crippen molar-refractivity contribution in [2.75, 3.05) is 33.0 Å². The van der Waals surface area contributed by atoms with E-state index in [-0.39, 0.29) is 32.3 Å². The Morgan fingerprint density at radius 2 is 0.875 bits per heavy atom. The highest BCUT2D eigenvalue weighted by Gasteiger charge is 2.25. The molecule has 0 aromatic carbocycles. The van der Waals surface area contributed by atoms with Crippen LogP contribution in [-0.4, -0.2) is 49.9 Å². The summed E-state index contributed by atoms with van der Waals surface area (Å²) in [4.78, 5) is 22.6. The number of phosphoric ester groups is 1. The van der Waals surface area contributed by atoms with Crippen molar-refractivity contribution in [2.45, 2.75) is 225 Å². The number of carbonyl (C=O) groups is 1. The summed E-state index contributed by atoms with van der Waals surface area (Å²) in [6, 6.07) is 0. The van der Waals surface area contributed by atoms with Crippen LogP contribution in [0.25, 0.3) is 0 Å². The van der Waals surface area contributed by atoms with Gasteiger partial charge in [0.05, 0.1) is 19.8 Å². The molecule has 0 rings (SSSR count). The molecule has 2 atom stereocenters. The number of hydrogen-bond donors (Lipinski definition) is 2. The molecule has 0 aliphatic rings. The third-order valence-corrected chi connectivity index (χ3v) is 11.8. The lowest BCUT2D eigenvalue weighted by Crippen LogP contribution is -2.28. The van der Waals surface area contributed by atoms with Crippen LogP contribution in [0.1, 0.15) is 219 Å². The van der Waals surface area contributed by atoms with Gasteiger partial charge in [-0.1, -0.05) is 208 Å². The van der Waals surface area contributed by atoms with Crippen LogP contribution < -0.4 is 5.73 Å². The summed E-state index contributed by atoms with van der Waals surface area (Å²) in [6.45, 7) is 4.77. The van der Waals surface area contributed by atoms with Gasteiger partial charge in [-0.15, -0.1) is 0 Å². The quantitative estimate of drug-likeness (QED) is 0.0268. The summed E-state index contributed by atoms with van der Waals surface area (Å²) in [5.74, 6) is -0.340. The lowest BCUT2D eigenvalue weighted by Gasteiger charge is -2.20. The van der Waals surface area contributed by atoms with Crippen molar-refractivity contribution in [3.63, 3.8) is 0 Å². The second kappa shape index (κ2) is 51.7. The fourth-order valence-electron chi connectivity index (χ4n) is 7.00. The number of rotatable bonds is 49. The van der Waals surface area contributed by atoms with Gasteiger partial charge in [-0.05, 0) is 89.9 Å². The minimum absolute atomic E-state index is 0.0938. The molecular formula is C55H98NO7P. The van der Waals surface area contributed by atoms with E-state index in [1.54, 1.807) is 0 Å². The summed E-state index contributed by atoms with van der Waals surface area (Å²) in [6.07, 6.45) is 67.6. The maximum absolute atomic E-state index is 12.7. The topological polar surface area (TPSA) is 117 Å². The monoisotopic (exact) mass is 916 g/mol. The number of hydrogen-bond acceptors (Lipinski definition) is 7. The Labute approximate surface area is 394 Å². The fraction of sp³-hybridized carbons (Fsp3) is 0.727. The van der Waals surface area contributed by atoms with Crippen LogP contribution in [0.2, 0.25) is 0 Å². The van der Waals surface area contributed by atoms with E-state index in [4.69, 9.17) is 24.3 Å². The summed E-state index contributed by atoms with van der Waals surface area (Å²) in [7, 11) is -4.29. The van der Waals surface area contributed by atoms with Gasteiger partial charge in [-0.2, -0.15) is 0 Å². The predicted molar refractivity (Wildman–Crippen MR) is 275 cm³/mol. The molecule has 0 aromatic rings. The van der Waals surface area contributed by atoms with Crippen molar-refractivity contribution in [3.05, 3.63) is 85.1 Å². The molecule has 3 N–H and O–H groups in total. The molecule has 0 saturated heterocycles. The third-order valence-electron chi connectivity index (χ3n) is 10.8. The van der Waals surface area contributed by atoms with Crippen LogP contribution in [0.15, 0.2) is 85.1 Å². The summed E-state index contributed by atoms with van der Waals surface area (Å²) >= 11 is 0. The smallest absolute Gasteiger partial charge is 0.457 e. The van der Waals surface area contributed by atoms with E-state index in [9.17, 15) is 14.3 Å². The van der Waals surface area contributed by atoms with E-state index in [2.05, 4.69) is 98.9 Å². The molecule has 0 aliphatic heterocycles. The van der Waals surface area contributed by atoms with E-state index < -0.39 is 13.9 Å². The number of ether oxygens (including phenoxy) is 2. The van der Waals surface area contributed by atoms with Crippen molar-refractivity contribution in [1.82, 2.24) is 0 Å². The lowest BCUT2D eigenvalue weighted by molar-refractivity contribution is -0.154. The number of carbonyl (C=O) groups excluding carboxylic acids is 1. The Balaban J connectivity index is 3.99. The van der Waals surface area contributed by atoms with E-state index in [0.29, 0.717) is 13.0 Å². The highest BCUT2D eigenvalue weighted by molar-refractivity contribution is 7.47. The molecule has 0 amide bonds. The number of unbranched alkanes of at least 4 members (excludes halogenated alkanes) is 22. The van der Waals surface area contributed by atoms with E-state index in [0.717, 1.165) is 77.0 Å². The normalized spacial score (nSPS) is 14.0. The number of phosphoric acid groups is 1. The Bertz CT molecular complexity index is 1260. The Kier molecular flexibility index (Phi) is 49.8. The van der Waals surface area contributed by atoms with Crippen molar-refractivity contribution >= 4 is 13.8 Å². The summed E-state index contributed by atoms with van der Waals surface area (Å²) in [5.41, 5.74) is 5.39. The minimum atomic E-state index is -4.29. The van der Waals surface area contributed by atoms with Crippen molar-refractivity contribution in [2.24, 2.45) is 5.73 Å². The molecule has 0 heterocycles. The van der Waals surface area contributed by atoms with Crippen LogP contribution in [0.3, 0.4) is 0 Å². The number of allylic oxidation sites excluding steroid dienone is 14. The first-order valence-corrected chi connectivity index (χ1v) is 27.6. The Morgan fingerprint density at radius 1 is 0.484 bits per heavy atom. The molecule has 0 radical (unpaired) electrons. The van der Waals surface area contributed by atoms with Crippen LogP contribution in [0.4, 0.5) is 0 Å². The second-order valence-corrected chi connectivity index (χ2v) is 18.5. The molecule has 0 aliphatic carbocycles. The zero-order valence-electron chi connectivity index (χ0n) is 41.2. The third kappa shape index (κ3) is 50.7. The van der Waals surface area contributed by atoms with Gasteiger partial charge in [-0.3, -0.25) is 13.8 Å². The minimum Gasteiger partial charge on any atom is -0.457 e. The van der Waals surface area contributed by atoms with Crippen LogP contribution >= 0.6 is 7.82 Å². The van der Waals surface area contributed by atoms with Gasteiger partial charge in [-0.25, -0.2) is 4.57 Å². The standard InChI is InChI=1S/C55H98NO7P/c1-3-5-7-9-11-13-15-17-19-21-23-25-27-28-30-32-34-36-38-40-42-44-46-48-55(57)63-54(53-62-64(58,59)61-51-49-56)52-60-50-47-45-43-41-39-37-35-33-31-29-26-24-22-20-18-16-14-12-10-8-6-4-2/h5,7,11,13,16-19,22-25,29,31,54H,3-4,6,8-10,12,14-15,20-21,26-28,30,32-53,56H2,1-2H3,(H,58,59)/b7-5-,13-11-,18-16-,19-17-,24-22-,25-23-,31-29-. The van der Waals surface area contributed by atoms with Gasteiger partial charge in [0.25, 0.3) is 0 Å². The zero-order valence-corrected chi connectivity index (χ0v) is 42.1. The van der Waals surface area contributed by atoms with Crippen molar-refractivity contribution in [3.8, 4) is 0 Å². The van der Waals surface area contributed by atoms with Gasteiger partial charge < -0.3 is 20.1 Å². The summed E-state index contributed by atoms with van der Waals surface area (Å²) in [5, 5.41) is 0. The molecule has 2 unspecified atom stereocenters.